The molecule has 0 amide bonds. The standard InChI is InChI=1S/C18H25N5O/c1-22-10-4-5-14(22)13-24-18-20-16-7-3-2-6-15(16)17(21-18)23-11-8-19-9-12-23/h2-3,6-7,14,19H,4-5,8-13H2,1H3/t14-/m0/s1. The normalized spacial score (nSPS) is 22.2. The van der Waals surface area contributed by atoms with Gasteiger partial charge in [0, 0.05) is 37.6 Å². The van der Waals surface area contributed by atoms with E-state index in [9.17, 15) is 0 Å². The summed E-state index contributed by atoms with van der Waals surface area (Å²) in [4.78, 5) is 14.1. The van der Waals surface area contributed by atoms with Crippen LogP contribution in [0.3, 0.4) is 0 Å². The molecule has 1 aromatic carbocycles. The minimum atomic E-state index is 0.475. The quantitative estimate of drug-likeness (QED) is 0.919. The molecule has 0 unspecified atom stereocenters. The van der Waals surface area contributed by atoms with Crippen LogP contribution in [-0.4, -0.2) is 67.3 Å². The molecular formula is C18H25N5O. The van der Waals surface area contributed by atoms with E-state index in [4.69, 9.17) is 9.72 Å². The summed E-state index contributed by atoms with van der Waals surface area (Å²) in [6.07, 6.45) is 2.43. The number of fused-ring (bicyclic) bond motifs is 1. The lowest BCUT2D eigenvalue weighted by Gasteiger charge is -2.29. The van der Waals surface area contributed by atoms with E-state index in [-0.39, 0.29) is 0 Å². The highest BCUT2D eigenvalue weighted by molar-refractivity contribution is 5.89. The minimum Gasteiger partial charge on any atom is -0.462 e. The number of nitrogens with zero attached hydrogens (tertiary/aromatic N) is 4. The summed E-state index contributed by atoms with van der Waals surface area (Å²) in [5.74, 6) is 0.997. The Morgan fingerprint density at radius 2 is 2.00 bits per heavy atom. The number of nitrogens with one attached hydrogen (secondary N) is 1. The molecule has 0 aliphatic carbocycles. The molecule has 4 rings (SSSR count). The van der Waals surface area contributed by atoms with Crippen molar-refractivity contribution in [1.82, 2.24) is 20.2 Å². The molecule has 0 bridgehead atoms. The van der Waals surface area contributed by atoms with Crippen LogP contribution in [0.5, 0.6) is 6.01 Å². The van der Waals surface area contributed by atoms with Crippen LogP contribution in [-0.2, 0) is 0 Å². The molecule has 2 saturated heterocycles. The van der Waals surface area contributed by atoms with Crippen molar-refractivity contribution in [3.8, 4) is 6.01 Å². The summed E-state index contributed by atoms with van der Waals surface area (Å²) >= 11 is 0. The number of hydrogen-bond acceptors (Lipinski definition) is 6. The van der Waals surface area contributed by atoms with Crippen LogP contribution in [0.15, 0.2) is 24.3 Å². The van der Waals surface area contributed by atoms with Gasteiger partial charge in [0.2, 0.25) is 0 Å². The highest BCUT2D eigenvalue weighted by atomic mass is 16.5. The molecule has 6 nitrogen and oxygen atoms in total. The first kappa shape index (κ1) is 15.6. The van der Waals surface area contributed by atoms with Crippen molar-refractivity contribution in [3.05, 3.63) is 24.3 Å². The molecule has 0 spiro atoms. The second-order valence-electron chi connectivity index (χ2n) is 6.67. The average Bonchev–Trinajstić information content (AvgIpc) is 3.05. The van der Waals surface area contributed by atoms with Crippen molar-refractivity contribution in [1.29, 1.82) is 0 Å². The maximum Gasteiger partial charge on any atom is 0.319 e. The molecule has 0 radical (unpaired) electrons. The number of likely N-dealkylation sites (tertiary alicyclic amines) is 1. The number of benzene rings is 1. The third-order valence-corrected chi connectivity index (χ3v) is 5.06. The van der Waals surface area contributed by atoms with Gasteiger partial charge in [-0.2, -0.15) is 9.97 Å². The fourth-order valence-electron chi connectivity index (χ4n) is 3.58. The molecule has 0 saturated carbocycles. The number of anilines is 1. The van der Waals surface area contributed by atoms with Gasteiger partial charge in [-0.05, 0) is 38.6 Å². The van der Waals surface area contributed by atoms with Gasteiger partial charge in [-0.3, -0.25) is 0 Å². The fourth-order valence-corrected chi connectivity index (χ4v) is 3.58. The second kappa shape index (κ2) is 6.91. The summed E-state index contributed by atoms with van der Waals surface area (Å²) < 4.78 is 5.99. The molecule has 1 N–H and O–H groups in total. The molecule has 2 aliphatic heterocycles. The smallest absolute Gasteiger partial charge is 0.319 e. The third-order valence-electron chi connectivity index (χ3n) is 5.06. The lowest BCUT2D eigenvalue weighted by atomic mass is 10.2. The first-order valence-electron chi connectivity index (χ1n) is 8.87. The Bertz CT molecular complexity index is 701. The van der Waals surface area contributed by atoms with Gasteiger partial charge in [0.1, 0.15) is 12.4 Å². The van der Waals surface area contributed by atoms with Crippen LogP contribution in [0.25, 0.3) is 10.9 Å². The van der Waals surface area contributed by atoms with Crippen LogP contribution in [0.2, 0.25) is 0 Å². The summed E-state index contributed by atoms with van der Waals surface area (Å²) in [5, 5.41) is 4.49. The third kappa shape index (κ3) is 3.16. The largest absolute Gasteiger partial charge is 0.462 e. The molecule has 6 heteroatoms. The van der Waals surface area contributed by atoms with Crippen LogP contribution in [0.1, 0.15) is 12.8 Å². The van der Waals surface area contributed by atoms with E-state index >= 15 is 0 Å². The van der Waals surface area contributed by atoms with Crippen LogP contribution in [0, 0.1) is 0 Å². The minimum absolute atomic E-state index is 0.475. The van der Waals surface area contributed by atoms with Crippen LogP contribution < -0.4 is 15.0 Å². The van der Waals surface area contributed by atoms with Gasteiger partial charge in [-0.1, -0.05) is 12.1 Å². The summed E-state index contributed by atoms with van der Waals surface area (Å²) in [7, 11) is 2.16. The van der Waals surface area contributed by atoms with Crippen LogP contribution >= 0.6 is 0 Å². The Morgan fingerprint density at radius 3 is 2.79 bits per heavy atom. The molecule has 3 heterocycles. The molecule has 1 atom stereocenters. The van der Waals surface area contributed by atoms with E-state index < -0.39 is 0 Å². The Morgan fingerprint density at radius 1 is 1.17 bits per heavy atom. The number of likely N-dealkylation sites (N-methyl/N-ethyl adjacent to an activating group) is 1. The zero-order valence-corrected chi connectivity index (χ0v) is 14.2. The van der Waals surface area contributed by atoms with E-state index in [1.54, 1.807) is 0 Å². The summed E-state index contributed by atoms with van der Waals surface area (Å²) in [6.45, 7) is 5.72. The SMILES string of the molecule is CN1CCC[C@H]1COc1nc(N2CCNCC2)c2ccccc2n1. The van der Waals surface area contributed by atoms with Crippen molar-refractivity contribution in [2.45, 2.75) is 18.9 Å². The number of hydrogen-bond donors (Lipinski definition) is 1. The van der Waals surface area contributed by atoms with E-state index in [2.05, 4.69) is 33.2 Å². The van der Waals surface area contributed by atoms with Gasteiger partial charge in [-0.15, -0.1) is 0 Å². The summed E-state index contributed by atoms with van der Waals surface area (Å²) in [6, 6.07) is 9.18. The molecule has 1 aromatic heterocycles. The maximum atomic E-state index is 5.99. The van der Waals surface area contributed by atoms with Crippen molar-refractivity contribution in [2.24, 2.45) is 0 Å². The Labute approximate surface area is 142 Å². The van der Waals surface area contributed by atoms with E-state index in [1.165, 1.54) is 12.8 Å². The Kier molecular flexibility index (Phi) is 4.49. The van der Waals surface area contributed by atoms with E-state index in [0.29, 0.717) is 18.7 Å². The van der Waals surface area contributed by atoms with Crippen LogP contribution in [0.4, 0.5) is 5.82 Å². The monoisotopic (exact) mass is 327 g/mol. The molecular weight excluding hydrogens is 302 g/mol. The predicted octanol–water partition coefficient (Wildman–Crippen LogP) is 1.51. The average molecular weight is 327 g/mol. The topological polar surface area (TPSA) is 53.5 Å². The summed E-state index contributed by atoms with van der Waals surface area (Å²) in [5.41, 5.74) is 0.954. The Balaban J connectivity index is 1.61. The lowest BCUT2D eigenvalue weighted by molar-refractivity contribution is 0.188. The van der Waals surface area contributed by atoms with Crippen molar-refractivity contribution in [2.75, 3.05) is 51.3 Å². The van der Waals surface area contributed by atoms with Crippen molar-refractivity contribution in [3.63, 3.8) is 0 Å². The first-order valence-corrected chi connectivity index (χ1v) is 8.87. The predicted molar refractivity (Wildman–Crippen MR) is 95.8 cm³/mol. The zero-order valence-electron chi connectivity index (χ0n) is 14.2. The molecule has 2 fully saturated rings. The lowest BCUT2D eigenvalue weighted by Crippen LogP contribution is -2.44. The first-order chi connectivity index (χ1) is 11.8. The van der Waals surface area contributed by atoms with Gasteiger partial charge < -0.3 is 19.9 Å². The molecule has 2 aromatic rings. The molecule has 128 valence electrons. The maximum absolute atomic E-state index is 5.99. The highest BCUT2D eigenvalue weighted by Gasteiger charge is 2.22. The highest BCUT2D eigenvalue weighted by Crippen LogP contribution is 2.26. The number of para-hydroxylation sites is 1. The van der Waals surface area contributed by atoms with Gasteiger partial charge in [0.15, 0.2) is 0 Å². The zero-order chi connectivity index (χ0) is 16.4. The molecule has 24 heavy (non-hydrogen) atoms. The van der Waals surface area contributed by atoms with Crippen molar-refractivity contribution >= 4 is 16.7 Å². The second-order valence-corrected chi connectivity index (χ2v) is 6.67. The number of ether oxygens (including phenoxy) is 1. The van der Waals surface area contributed by atoms with Gasteiger partial charge in [0.05, 0.1) is 5.52 Å². The molecule has 2 aliphatic rings. The van der Waals surface area contributed by atoms with Gasteiger partial charge >= 0.3 is 6.01 Å². The number of piperazine rings is 1. The van der Waals surface area contributed by atoms with Gasteiger partial charge in [0.25, 0.3) is 0 Å². The Hall–Kier alpha value is -1.92. The van der Waals surface area contributed by atoms with E-state index in [1.807, 2.05) is 18.2 Å². The van der Waals surface area contributed by atoms with Gasteiger partial charge in [-0.25, -0.2) is 0 Å². The fraction of sp³-hybridized carbons (Fsp3) is 0.556. The van der Waals surface area contributed by atoms with E-state index in [0.717, 1.165) is 49.4 Å². The number of rotatable bonds is 4. The van der Waals surface area contributed by atoms with Crippen molar-refractivity contribution < 1.29 is 4.74 Å². The number of aromatic nitrogens is 2.